The number of rotatable bonds is 8. The van der Waals surface area contributed by atoms with Crippen LogP contribution in [0.2, 0.25) is 0 Å². The SMILES string of the molecule is C=CC[C@H]1NC[C@@H](OCc2ccccc2)[C@@H]1OCc1ccccc1. The smallest absolute Gasteiger partial charge is 0.101 e. The van der Waals surface area contributed by atoms with Gasteiger partial charge in [0.25, 0.3) is 0 Å². The molecular weight excluding hydrogens is 298 g/mol. The second-order valence-electron chi connectivity index (χ2n) is 6.14. The van der Waals surface area contributed by atoms with Gasteiger partial charge in [0, 0.05) is 12.6 Å². The molecular formula is C21H25NO2. The summed E-state index contributed by atoms with van der Waals surface area (Å²) in [5, 5.41) is 3.51. The lowest BCUT2D eigenvalue weighted by atomic mass is 10.1. The highest BCUT2D eigenvalue weighted by Gasteiger charge is 2.36. The van der Waals surface area contributed by atoms with Crippen LogP contribution in [0.15, 0.2) is 73.3 Å². The van der Waals surface area contributed by atoms with Crippen LogP contribution in [-0.4, -0.2) is 24.8 Å². The van der Waals surface area contributed by atoms with E-state index in [1.54, 1.807) is 0 Å². The van der Waals surface area contributed by atoms with Gasteiger partial charge < -0.3 is 14.8 Å². The van der Waals surface area contributed by atoms with Crippen molar-refractivity contribution in [3.63, 3.8) is 0 Å². The van der Waals surface area contributed by atoms with E-state index in [0.29, 0.717) is 13.2 Å². The van der Waals surface area contributed by atoms with E-state index in [1.165, 1.54) is 11.1 Å². The molecule has 1 N–H and O–H groups in total. The number of nitrogens with one attached hydrogen (secondary N) is 1. The standard InChI is InChI=1S/C21H25NO2/c1-2-9-19-21(24-16-18-12-7-4-8-13-18)20(14-22-19)23-15-17-10-5-3-6-11-17/h2-8,10-13,19-22H,1,9,14-16H2/t19-,20-,21-/m1/s1. The summed E-state index contributed by atoms with van der Waals surface area (Å²) in [7, 11) is 0. The highest BCUT2D eigenvalue weighted by atomic mass is 16.5. The molecule has 0 bridgehead atoms. The van der Waals surface area contributed by atoms with Crippen molar-refractivity contribution in [1.29, 1.82) is 0 Å². The maximum atomic E-state index is 6.22. The largest absolute Gasteiger partial charge is 0.369 e. The maximum Gasteiger partial charge on any atom is 0.101 e. The van der Waals surface area contributed by atoms with Crippen molar-refractivity contribution in [2.24, 2.45) is 0 Å². The van der Waals surface area contributed by atoms with Crippen LogP contribution in [0, 0.1) is 0 Å². The molecule has 1 saturated heterocycles. The predicted octanol–water partition coefficient (Wildman–Crippen LogP) is 3.71. The summed E-state index contributed by atoms with van der Waals surface area (Å²) in [6.07, 6.45) is 2.91. The van der Waals surface area contributed by atoms with E-state index in [2.05, 4.69) is 36.2 Å². The Kier molecular flexibility index (Phi) is 6.19. The van der Waals surface area contributed by atoms with Crippen LogP contribution < -0.4 is 5.32 Å². The quantitative estimate of drug-likeness (QED) is 0.751. The molecule has 24 heavy (non-hydrogen) atoms. The lowest BCUT2D eigenvalue weighted by Crippen LogP contribution is -2.36. The molecule has 1 aliphatic rings. The molecule has 1 aliphatic heterocycles. The fourth-order valence-electron chi connectivity index (χ4n) is 3.08. The molecule has 2 aromatic carbocycles. The summed E-state index contributed by atoms with van der Waals surface area (Å²) in [5.74, 6) is 0. The summed E-state index contributed by atoms with van der Waals surface area (Å²) in [6, 6.07) is 20.8. The Hall–Kier alpha value is -1.94. The van der Waals surface area contributed by atoms with E-state index >= 15 is 0 Å². The molecule has 0 aliphatic carbocycles. The van der Waals surface area contributed by atoms with Crippen molar-refractivity contribution in [3.05, 3.63) is 84.4 Å². The molecule has 3 rings (SSSR count). The van der Waals surface area contributed by atoms with Crippen molar-refractivity contribution in [2.75, 3.05) is 6.54 Å². The summed E-state index contributed by atoms with van der Waals surface area (Å²) in [4.78, 5) is 0. The Balaban J connectivity index is 1.60. The van der Waals surface area contributed by atoms with E-state index in [4.69, 9.17) is 9.47 Å². The first-order chi connectivity index (χ1) is 11.9. The van der Waals surface area contributed by atoms with Gasteiger partial charge in [-0.3, -0.25) is 0 Å². The normalized spacial score (nSPS) is 23.2. The molecule has 0 radical (unpaired) electrons. The zero-order valence-corrected chi connectivity index (χ0v) is 13.9. The van der Waals surface area contributed by atoms with Crippen molar-refractivity contribution < 1.29 is 9.47 Å². The first-order valence-electron chi connectivity index (χ1n) is 8.52. The first-order valence-corrected chi connectivity index (χ1v) is 8.52. The molecule has 3 nitrogen and oxygen atoms in total. The highest BCUT2D eigenvalue weighted by Crippen LogP contribution is 2.21. The van der Waals surface area contributed by atoms with Gasteiger partial charge in [0.15, 0.2) is 0 Å². The average Bonchev–Trinajstić information content (AvgIpc) is 3.02. The van der Waals surface area contributed by atoms with Crippen LogP contribution in [0.25, 0.3) is 0 Å². The van der Waals surface area contributed by atoms with Crippen molar-refractivity contribution in [1.82, 2.24) is 5.32 Å². The van der Waals surface area contributed by atoms with Crippen LogP contribution in [0.5, 0.6) is 0 Å². The van der Waals surface area contributed by atoms with Crippen molar-refractivity contribution in [3.8, 4) is 0 Å². The lowest BCUT2D eigenvalue weighted by Gasteiger charge is -2.24. The molecule has 0 amide bonds. The first kappa shape index (κ1) is 16.9. The molecule has 2 aromatic rings. The molecule has 126 valence electrons. The fourth-order valence-corrected chi connectivity index (χ4v) is 3.08. The third kappa shape index (κ3) is 4.54. The third-order valence-electron chi connectivity index (χ3n) is 4.36. The number of ether oxygens (including phenoxy) is 2. The lowest BCUT2D eigenvalue weighted by molar-refractivity contribution is -0.0695. The zero-order valence-electron chi connectivity index (χ0n) is 13.9. The van der Waals surface area contributed by atoms with E-state index in [-0.39, 0.29) is 18.2 Å². The van der Waals surface area contributed by atoms with Gasteiger partial charge in [0.2, 0.25) is 0 Å². The van der Waals surface area contributed by atoms with Crippen molar-refractivity contribution >= 4 is 0 Å². The van der Waals surface area contributed by atoms with E-state index in [1.807, 2.05) is 42.5 Å². The van der Waals surface area contributed by atoms with Gasteiger partial charge in [0.1, 0.15) is 6.10 Å². The van der Waals surface area contributed by atoms with Gasteiger partial charge in [-0.25, -0.2) is 0 Å². The third-order valence-corrected chi connectivity index (χ3v) is 4.36. The van der Waals surface area contributed by atoms with Gasteiger partial charge in [-0.1, -0.05) is 66.7 Å². The van der Waals surface area contributed by atoms with Crippen LogP contribution in [0.4, 0.5) is 0 Å². The van der Waals surface area contributed by atoms with Gasteiger partial charge in [-0.2, -0.15) is 0 Å². The molecule has 3 atom stereocenters. The van der Waals surface area contributed by atoms with Crippen LogP contribution in [0.1, 0.15) is 17.5 Å². The molecule has 0 aromatic heterocycles. The Morgan fingerprint density at radius 1 is 0.917 bits per heavy atom. The highest BCUT2D eigenvalue weighted by molar-refractivity contribution is 5.14. The topological polar surface area (TPSA) is 30.5 Å². The Labute approximate surface area is 144 Å². The molecule has 3 heteroatoms. The number of hydrogen-bond acceptors (Lipinski definition) is 3. The average molecular weight is 323 g/mol. The molecule has 0 saturated carbocycles. The molecule has 1 fully saturated rings. The number of hydrogen-bond donors (Lipinski definition) is 1. The summed E-state index contributed by atoms with van der Waals surface area (Å²) < 4.78 is 12.4. The maximum absolute atomic E-state index is 6.22. The summed E-state index contributed by atoms with van der Waals surface area (Å²) in [6.45, 7) is 5.88. The Morgan fingerprint density at radius 3 is 2.08 bits per heavy atom. The van der Waals surface area contributed by atoms with Crippen LogP contribution in [0.3, 0.4) is 0 Å². The second kappa shape index (κ2) is 8.78. The van der Waals surface area contributed by atoms with Gasteiger partial charge in [-0.15, -0.1) is 6.58 Å². The van der Waals surface area contributed by atoms with E-state index < -0.39 is 0 Å². The zero-order chi connectivity index (χ0) is 16.6. The number of benzene rings is 2. The minimum atomic E-state index is 0.0342. The molecule has 0 spiro atoms. The van der Waals surface area contributed by atoms with Gasteiger partial charge in [-0.05, 0) is 17.5 Å². The predicted molar refractivity (Wildman–Crippen MR) is 96.6 cm³/mol. The Bertz CT molecular complexity index is 614. The Morgan fingerprint density at radius 2 is 1.50 bits per heavy atom. The van der Waals surface area contributed by atoms with Crippen LogP contribution >= 0.6 is 0 Å². The second-order valence-corrected chi connectivity index (χ2v) is 6.14. The van der Waals surface area contributed by atoms with E-state index in [0.717, 1.165) is 13.0 Å². The summed E-state index contributed by atoms with van der Waals surface area (Å²) in [5.41, 5.74) is 2.37. The molecule has 1 heterocycles. The minimum absolute atomic E-state index is 0.0342. The minimum Gasteiger partial charge on any atom is -0.369 e. The fraction of sp³-hybridized carbons (Fsp3) is 0.333. The van der Waals surface area contributed by atoms with Crippen LogP contribution in [-0.2, 0) is 22.7 Å². The monoisotopic (exact) mass is 323 g/mol. The molecule has 0 unspecified atom stereocenters. The van der Waals surface area contributed by atoms with Crippen molar-refractivity contribution in [2.45, 2.75) is 37.9 Å². The van der Waals surface area contributed by atoms with Gasteiger partial charge >= 0.3 is 0 Å². The summed E-state index contributed by atoms with van der Waals surface area (Å²) >= 11 is 0. The van der Waals surface area contributed by atoms with E-state index in [9.17, 15) is 0 Å². The van der Waals surface area contributed by atoms with Gasteiger partial charge in [0.05, 0.1) is 19.3 Å².